The second-order valence-corrected chi connectivity index (χ2v) is 4.65. The molecule has 0 bridgehead atoms. The molecule has 21 heavy (non-hydrogen) atoms. The van der Waals surface area contributed by atoms with Gasteiger partial charge >= 0.3 is 12.0 Å². The Hall–Kier alpha value is -2.57. The van der Waals surface area contributed by atoms with Crippen LogP contribution in [0.3, 0.4) is 0 Å². The maximum Gasteiger partial charge on any atom is 0.319 e. The van der Waals surface area contributed by atoms with Gasteiger partial charge in [-0.15, -0.1) is 0 Å². The summed E-state index contributed by atoms with van der Waals surface area (Å²) in [5, 5.41) is 13.9. The Morgan fingerprint density at radius 2 is 1.86 bits per heavy atom. The molecule has 0 heterocycles. The predicted octanol–water partition coefficient (Wildman–Crippen LogP) is 0.913. The Bertz CT molecular complexity index is 529. The van der Waals surface area contributed by atoms with Crippen molar-refractivity contribution in [1.82, 2.24) is 10.2 Å². The average Bonchev–Trinajstić information content (AvgIpc) is 2.40. The Morgan fingerprint density at radius 3 is 2.48 bits per heavy atom. The number of nitrogens with one attached hydrogen (secondary N) is 2. The van der Waals surface area contributed by atoms with E-state index >= 15 is 0 Å². The zero-order valence-corrected chi connectivity index (χ0v) is 12.0. The summed E-state index contributed by atoms with van der Waals surface area (Å²) >= 11 is 0. The molecule has 7 nitrogen and oxygen atoms in total. The first-order chi connectivity index (χ1) is 9.90. The van der Waals surface area contributed by atoms with Gasteiger partial charge in [0.1, 0.15) is 0 Å². The zero-order chi connectivity index (χ0) is 15.8. The summed E-state index contributed by atoms with van der Waals surface area (Å²) in [4.78, 5) is 35.2. The minimum Gasteiger partial charge on any atom is -0.481 e. The smallest absolute Gasteiger partial charge is 0.319 e. The molecular formula is C14H19N3O4. The first kappa shape index (κ1) is 16.5. The minimum absolute atomic E-state index is 0.0819. The quantitative estimate of drug-likeness (QED) is 0.726. The number of carboxylic acid groups (broad SMARTS) is 1. The van der Waals surface area contributed by atoms with E-state index in [-0.39, 0.29) is 25.3 Å². The molecule has 0 aliphatic heterocycles. The fourth-order valence-corrected chi connectivity index (χ4v) is 1.63. The van der Waals surface area contributed by atoms with Gasteiger partial charge in [-0.3, -0.25) is 9.59 Å². The van der Waals surface area contributed by atoms with Gasteiger partial charge in [0.2, 0.25) is 5.91 Å². The van der Waals surface area contributed by atoms with E-state index < -0.39 is 12.0 Å². The van der Waals surface area contributed by atoms with Crippen molar-refractivity contribution in [3.63, 3.8) is 0 Å². The normalized spacial score (nSPS) is 9.81. The molecule has 0 aliphatic carbocycles. The van der Waals surface area contributed by atoms with E-state index in [1.807, 2.05) is 0 Å². The van der Waals surface area contributed by atoms with Crippen molar-refractivity contribution >= 4 is 23.6 Å². The number of hydrogen-bond donors (Lipinski definition) is 3. The number of carboxylic acids is 1. The molecule has 114 valence electrons. The Balaban J connectivity index is 2.51. The summed E-state index contributed by atoms with van der Waals surface area (Å²) in [7, 11) is 3.29. The summed E-state index contributed by atoms with van der Waals surface area (Å²) in [6.07, 6.45) is 0.0345. The highest BCUT2D eigenvalue weighted by atomic mass is 16.4. The van der Waals surface area contributed by atoms with Gasteiger partial charge in [-0.05, 0) is 11.6 Å². The van der Waals surface area contributed by atoms with E-state index in [4.69, 9.17) is 5.11 Å². The van der Waals surface area contributed by atoms with Gasteiger partial charge in [-0.25, -0.2) is 4.79 Å². The van der Waals surface area contributed by atoms with E-state index in [1.54, 1.807) is 38.4 Å². The third-order valence-electron chi connectivity index (χ3n) is 2.73. The highest BCUT2D eigenvalue weighted by molar-refractivity contribution is 5.91. The highest BCUT2D eigenvalue weighted by Crippen LogP contribution is 2.15. The lowest BCUT2D eigenvalue weighted by atomic mass is 10.1. The summed E-state index contributed by atoms with van der Waals surface area (Å²) in [6, 6.07) is 6.20. The number of hydrogen-bond acceptors (Lipinski definition) is 3. The number of anilines is 1. The van der Waals surface area contributed by atoms with Crippen molar-refractivity contribution in [2.24, 2.45) is 0 Å². The molecule has 0 radical (unpaired) electrons. The van der Waals surface area contributed by atoms with Crippen LogP contribution in [0.2, 0.25) is 0 Å². The van der Waals surface area contributed by atoms with Gasteiger partial charge < -0.3 is 20.6 Å². The van der Waals surface area contributed by atoms with Crippen molar-refractivity contribution in [1.29, 1.82) is 0 Å². The largest absolute Gasteiger partial charge is 0.481 e. The number of carbonyl (C=O) groups excluding carboxylic acids is 2. The minimum atomic E-state index is -0.971. The lowest BCUT2D eigenvalue weighted by molar-refractivity contribution is -0.136. The van der Waals surface area contributed by atoms with Crippen molar-refractivity contribution in [2.75, 3.05) is 26.0 Å². The monoisotopic (exact) mass is 293 g/mol. The molecule has 1 rings (SSSR count). The predicted molar refractivity (Wildman–Crippen MR) is 78.1 cm³/mol. The topological polar surface area (TPSA) is 98.7 Å². The summed E-state index contributed by atoms with van der Waals surface area (Å²) in [5.41, 5.74) is 0.959. The number of urea groups is 1. The molecule has 0 aliphatic rings. The molecule has 3 amide bonds. The average molecular weight is 293 g/mol. The molecule has 0 saturated carbocycles. The Morgan fingerprint density at radius 1 is 1.19 bits per heavy atom. The third-order valence-corrected chi connectivity index (χ3v) is 2.73. The van der Waals surface area contributed by atoms with E-state index in [2.05, 4.69) is 10.6 Å². The van der Waals surface area contributed by atoms with Crippen molar-refractivity contribution in [2.45, 2.75) is 12.8 Å². The van der Waals surface area contributed by atoms with Gasteiger partial charge in [-0.1, -0.05) is 18.2 Å². The molecule has 3 N–H and O–H groups in total. The maximum atomic E-state index is 11.7. The molecule has 0 aromatic heterocycles. The van der Waals surface area contributed by atoms with E-state index in [1.165, 1.54) is 4.90 Å². The van der Waals surface area contributed by atoms with Crippen molar-refractivity contribution in [3.8, 4) is 0 Å². The standard InChI is InChI=1S/C14H19N3O4/c1-17(2)12(18)7-8-15-14(21)16-11-6-4-3-5-10(11)9-13(19)20/h3-6H,7-9H2,1-2H3,(H,19,20)(H2,15,16,21). The lowest BCUT2D eigenvalue weighted by Gasteiger charge is -2.12. The summed E-state index contributed by atoms with van der Waals surface area (Å²) in [6.45, 7) is 0.212. The molecule has 1 aromatic carbocycles. The number of aliphatic carboxylic acids is 1. The summed E-state index contributed by atoms with van der Waals surface area (Å²) < 4.78 is 0. The fraction of sp³-hybridized carbons (Fsp3) is 0.357. The molecular weight excluding hydrogens is 274 g/mol. The Kier molecular flexibility index (Phi) is 6.19. The Labute approximate surface area is 122 Å². The van der Waals surface area contributed by atoms with Gasteiger partial charge in [0.05, 0.1) is 6.42 Å². The molecule has 0 spiro atoms. The van der Waals surface area contributed by atoms with E-state index in [0.29, 0.717) is 11.3 Å². The molecule has 0 saturated heterocycles. The van der Waals surface area contributed by atoms with Crippen LogP contribution in [-0.4, -0.2) is 48.6 Å². The first-order valence-corrected chi connectivity index (χ1v) is 6.45. The second kappa shape index (κ2) is 7.88. The van der Waals surface area contributed by atoms with Gasteiger partial charge in [0.15, 0.2) is 0 Å². The number of para-hydroxylation sites is 1. The molecule has 0 fully saturated rings. The van der Waals surface area contributed by atoms with Crippen LogP contribution in [0.15, 0.2) is 24.3 Å². The number of carbonyl (C=O) groups is 3. The van der Waals surface area contributed by atoms with Crippen LogP contribution in [0, 0.1) is 0 Å². The van der Waals surface area contributed by atoms with Crippen LogP contribution in [0.25, 0.3) is 0 Å². The maximum absolute atomic E-state index is 11.7. The number of benzene rings is 1. The first-order valence-electron chi connectivity index (χ1n) is 6.45. The highest BCUT2D eigenvalue weighted by Gasteiger charge is 2.09. The summed E-state index contributed by atoms with van der Waals surface area (Å²) in [5.74, 6) is -1.05. The van der Waals surface area contributed by atoms with Crippen LogP contribution in [0.1, 0.15) is 12.0 Å². The van der Waals surface area contributed by atoms with Crippen LogP contribution in [0.4, 0.5) is 10.5 Å². The fourth-order valence-electron chi connectivity index (χ4n) is 1.63. The van der Waals surface area contributed by atoms with Gasteiger partial charge in [0.25, 0.3) is 0 Å². The molecule has 0 atom stereocenters. The van der Waals surface area contributed by atoms with Gasteiger partial charge in [-0.2, -0.15) is 0 Å². The SMILES string of the molecule is CN(C)C(=O)CCNC(=O)Nc1ccccc1CC(=O)O. The van der Waals surface area contributed by atoms with Crippen LogP contribution in [0.5, 0.6) is 0 Å². The van der Waals surface area contributed by atoms with Crippen molar-refractivity contribution in [3.05, 3.63) is 29.8 Å². The van der Waals surface area contributed by atoms with Gasteiger partial charge in [0, 0.05) is 32.7 Å². The van der Waals surface area contributed by atoms with Crippen LogP contribution >= 0.6 is 0 Å². The molecule has 1 aromatic rings. The number of amides is 3. The van der Waals surface area contributed by atoms with E-state index in [0.717, 1.165) is 0 Å². The zero-order valence-electron chi connectivity index (χ0n) is 12.0. The van der Waals surface area contributed by atoms with E-state index in [9.17, 15) is 14.4 Å². The third kappa shape index (κ3) is 5.94. The lowest BCUT2D eigenvalue weighted by Crippen LogP contribution is -2.33. The molecule has 7 heteroatoms. The number of rotatable bonds is 6. The second-order valence-electron chi connectivity index (χ2n) is 4.65. The van der Waals surface area contributed by atoms with Crippen LogP contribution in [-0.2, 0) is 16.0 Å². The van der Waals surface area contributed by atoms with Crippen LogP contribution < -0.4 is 10.6 Å². The van der Waals surface area contributed by atoms with Crippen molar-refractivity contribution < 1.29 is 19.5 Å². The number of nitrogens with zero attached hydrogens (tertiary/aromatic N) is 1. The molecule has 0 unspecified atom stereocenters.